The van der Waals surface area contributed by atoms with Crippen molar-refractivity contribution in [2.45, 2.75) is 27.2 Å². The van der Waals surface area contributed by atoms with E-state index in [-0.39, 0.29) is 0 Å². The summed E-state index contributed by atoms with van der Waals surface area (Å²) in [4.78, 5) is 11.0. The summed E-state index contributed by atoms with van der Waals surface area (Å²) in [5.74, 6) is 1.63. The number of hydrogen-bond acceptors (Lipinski definition) is 5. The smallest absolute Gasteiger partial charge is 0.224 e. The van der Waals surface area contributed by atoms with Crippen LogP contribution >= 0.6 is 0 Å². The van der Waals surface area contributed by atoms with E-state index in [1.807, 2.05) is 13.1 Å². The third-order valence-electron chi connectivity index (χ3n) is 2.83. The molecule has 1 heterocycles. The molecule has 0 atom stereocenters. The summed E-state index contributed by atoms with van der Waals surface area (Å²) in [5.41, 5.74) is 1.08. The predicted molar refractivity (Wildman–Crippen MR) is 77.2 cm³/mol. The fourth-order valence-corrected chi connectivity index (χ4v) is 1.47. The molecular weight excluding hydrogens is 226 g/mol. The first-order valence-corrected chi connectivity index (χ1v) is 6.67. The van der Waals surface area contributed by atoms with Crippen LogP contribution in [-0.2, 0) is 0 Å². The van der Waals surface area contributed by atoms with Gasteiger partial charge in [-0.3, -0.25) is 0 Å². The highest BCUT2D eigenvalue weighted by Crippen LogP contribution is 2.12. The zero-order valence-corrected chi connectivity index (χ0v) is 12.0. The molecule has 1 aromatic rings. The summed E-state index contributed by atoms with van der Waals surface area (Å²) >= 11 is 0. The first kappa shape index (κ1) is 14.7. The summed E-state index contributed by atoms with van der Waals surface area (Å²) in [5, 5.41) is 6.56. The zero-order valence-electron chi connectivity index (χ0n) is 12.0. The Hall–Kier alpha value is -1.36. The van der Waals surface area contributed by atoms with Crippen LogP contribution in [0, 0.1) is 6.92 Å². The van der Waals surface area contributed by atoms with E-state index >= 15 is 0 Å². The number of nitrogens with zero attached hydrogens (tertiary/aromatic N) is 3. The number of likely N-dealkylation sites (N-methyl/N-ethyl adjacent to an activating group) is 1. The van der Waals surface area contributed by atoms with Crippen molar-refractivity contribution in [3.05, 3.63) is 11.8 Å². The van der Waals surface area contributed by atoms with Gasteiger partial charge in [0.2, 0.25) is 5.95 Å². The van der Waals surface area contributed by atoms with Crippen molar-refractivity contribution in [2.24, 2.45) is 0 Å². The molecule has 0 aliphatic carbocycles. The lowest BCUT2D eigenvalue weighted by atomic mass is 10.3. The second kappa shape index (κ2) is 7.87. The molecule has 102 valence electrons. The van der Waals surface area contributed by atoms with Crippen LogP contribution in [0.15, 0.2) is 6.20 Å². The minimum atomic E-state index is 0.703. The van der Waals surface area contributed by atoms with Crippen LogP contribution in [0.25, 0.3) is 0 Å². The van der Waals surface area contributed by atoms with Crippen LogP contribution in [0.1, 0.15) is 25.8 Å². The number of anilines is 2. The van der Waals surface area contributed by atoms with E-state index in [0.717, 1.165) is 44.0 Å². The predicted octanol–water partition coefficient (Wildman–Crippen LogP) is 1.97. The molecule has 0 saturated heterocycles. The molecule has 5 nitrogen and oxygen atoms in total. The van der Waals surface area contributed by atoms with E-state index in [0.29, 0.717) is 5.95 Å². The second-order valence-corrected chi connectivity index (χ2v) is 4.47. The first-order valence-electron chi connectivity index (χ1n) is 6.67. The summed E-state index contributed by atoms with van der Waals surface area (Å²) in [6, 6.07) is 0. The average Bonchev–Trinajstić information content (AvgIpc) is 2.39. The van der Waals surface area contributed by atoms with Gasteiger partial charge in [-0.15, -0.1) is 0 Å². The molecule has 1 aromatic heterocycles. The molecule has 0 fully saturated rings. The van der Waals surface area contributed by atoms with Crippen LogP contribution in [0.2, 0.25) is 0 Å². The molecule has 5 heteroatoms. The maximum Gasteiger partial charge on any atom is 0.224 e. The fraction of sp³-hybridized carbons (Fsp3) is 0.692. The molecular formula is C13H25N5. The van der Waals surface area contributed by atoms with E-state index in [2.05, 4.69) is 46.4 Å². The SMILES string of the molecule is CCCNc1ncc(C)c(NCCN(C)CC)n1. The quantitative estimate of drug-likeness (QED) is 0.740. The summed E-state index contributed by atoms with van der Waals surface area (Å²) in [7, 11) is 2.11. The first-order chi connectivity index (χ1) is 8.67. The van der Waals surface area contributed by atoms with Gasteiger partial charge in [0.25, 0.3) is 0 Å². The molecule has 0 aliphatic rings. The van der Waals surface area contributed by atoms with Crippen LogP contribution in [0.5, 0.6) is 0 Å². The molecule has 0 aromatic carbocycles. The molecule has 0 spiro atoms. The Morgan fingerprint density at radius 2 is 2.00 bits per heavy atom. The van der Waals surface area contributed by atoms with E-state index < -0.39 is 0 Å². The van der Waals surface area contributed by atoms with Crippen molar-refractivity contribution < 1.29 is 0 Å². The van der Waals surface area contributed by atoms with Crippen LogP contribution in [-0.4, -0.2) is 48.1 Å². The van der Waals surface area contributed by atoms with Crippen molar-refractivity contribution in [1.82, 2.24) is 14.9 Å². The van der Waals surface area contributed by atoms with Crippen LogP contribution in [0.3, 0.4) is 0 Å². The molecule has 0 bridgehead atoms. The molecule has 0 saturated carbocycles. The van der Waals surface area contributed by atoms with Crippen molar-refractivity contribution in [3.8, 4) is 0 Å². The van der Waals surface area contributed by atoms with E-state index in [1.165, 1.54) is 0 Å². The Morgan fingerprint density at radius 1 is 1.22 bits per heavy atom. The number of aromatic nitrogens is 2. The van der Waals surface area contributed by atoms with E-state index in [4.69, 9.17) is 0 Å². The topological polar surface area (TPSA) is 53.1 Å². The molecule has 0 aliphatic heterocycles. The van der Waals surface area contributed by atoms with Gasteiger partial charge in [-0.1, -0.05) is 13.8 Å². The number of rotatable bonds is 8. The van der Waals surface area contributed by atoms with Gasteiger partial charge in [-0.05, 0) is 26.9 Å². The van der Waals surface area contributed by atoms with Gasteiger partial charge in [0.1, 0.15) is 5.82 Å². The monoisotopic (exact) mass is 251 g/mol. The van der Waals surface area contributed by atoms with Gasteiger partial charge >= 0.3 is 0 Å². The Labute approximate surface area is 110 Å². The molecule has 0 radical (unpaired) electrons. The van der Waals surface area contributed by atoms with E-state index in [1.54, 1.807) is 0 Å². The summed E-state index contributed by atoms with van der Waals surface area (Å²) in [6.45, 7) is 10.2. The van der Waals surface area contributed by atoms with Gasteiger partial charge in [0.05, 0.1) is 0 Å². The highest BCUT2D eigenvalue weighted by atomic mass is 15.2. The maximum absolute atomic E-state index is 4.48. The Bertz CT molecular complexity index is 353. The van der Waals surface area contributed by atoms with Gasteiger partial charge in [-0.2, -0.15) is 4.98 Å². The summed E-state index contributed by atoms with van der Waals surface area (Å²) < 4.78 is 0. The van der Waals surface area contributed by atoms with Gasteiger partial charge in [0, 0.05) is 31.4 Å². The highest BCUT2D eigenvalue weighted by Gasteiger charge is 2.03. The van der Waals surface area contributed by atoms with Crippen molar-refractivity contribution >= 4 is 11.8 Å². The highest BCUT2D eigenvalue weighted by molar-refractivity contribution is 5.46. The lowest BCUT2D eigenvalue weighted by molar-refractivity contribution is 0.367. The Morgan fingerprint density at radius 3 is 2.67 bits per heavy atom. The standard InChI is InChI=1S/C13H25N5/c1-5-7-15-13-16-10-11(3)12(17-13)14-8-9-18(4)6-2/h10H,5-9H2,1-4H3,(H2,14,15,16,17). The zero-order chi connectivity index (χ0) is 13.4. The maximum atomic E-state index is 4.48. The molecule has 1 rings (SSSR count). The van der Waals surface area contributed by atoms with Crippen molar-refractivity contribution in [2.75, 3.05) is 43.9 Å². The van der Waals surface area contributed by atoms with Crippen LogP contribution < -0.4 is 10.6 Å². The Kier molecular flexibility index (Phi) is 6.43. The third-order valence-corrected chi connectivity index (χ3v) is 2.83. The lowest BCUT2D eigenvalue weighted by Crippen LogP contribution is -2.25. The second-order valence-electron chi connectivity index (χ2n) is 4.47. The number of hydrogen-bond donors (Lipinski definition) is 2. The normalized spacial score (nSPS) is 10.7. The van der Waals surface area contributed by atoms with Gasteiger partial charge in [0.15, 0.2) is 0 Å². The fourth-order valence-electron chi connectivity index (χ4n) is 1.47. The summed E-state index contributed by atoms with van der Waals surface area (Å²) in [6.07, 6.45) is 2.93. The van der Waals surface area contributed by atoms with Gasteiger partial charge < -0.3 is 15.5 Å². The van der Waals surface area contributed by atoms with Crippen LogP contribution in [0.4, 0.5) is 11.8 Å². The lowest BCUT2D eigenvalue weighted by Gasteiger charge is -2.15. The van der Waals surface area contributed by atoms with Crippen molar-refractivity contribution in [1.29, 1.82) is 0 Å². The third kappa shape index (κ3) is 4.87. The van der Waals surface area contributed by atoms with Gasteiger partial charge in [-0.25, -0.2) is 4.98 Å². The largest absolute Gasteiger partial charge is 0.368 e. The minimum Gasteiger partial charge on any atom is -0.368 e. The molecule has 2 N–H and O–H groups in total. The molecule has 18 heavy (non-hydrogen) atoms. The van der Waals surface area contributed by atoms with E-state index in [9.17, 15) is 0 Å². The minimum absolute atomic E-state index is 0.703. The average molecular weight is 251 g/mol. The molecule has 0 amide bonds. The van der Waals surface area contributed by atoms with Crippen molar-refractivity contribution in [3.63, 3.8) is 0 Å². The molecule has 0 unspecified atom stereocenters. The number of nitrogens with one attached hydrogen (secondary N) is 2. The number of aryl methyl sites for hydroxylation is 1. The Balaban J connectivity index is 2.52.